The molecule has 1 aliphatic carbocycles. The van der Waals surface area contributed by atoms with Crippen LogP contribution in [0.25, 0.3) is 11.6 Å². The Morgan fingerprint density at radius 2 is 1.97 bits per heavy atom. The molecule has 3 heterocycles. The second-order valence-electron chi connectivity index (χ2n) is 10.1. The van der Waals surface area contributed by atoms with Crippen LogP contribution in [0.3, 0.4) is 0 Å². The van der Waals surface area contributed by atoms with Gasteiger partial charge in [0, 0.05) is 44.4 Å². The van der Waals surface area contributed by atoms with E-state index in [4.69, 9.17) is 21.3 Å². The molecule has 9 heteroatoms. The number of ether oxygens (including phenoxy) is 1. The Bertz CT molecular complexity index is 1340. The van der Waals surface area contributed by atoms with Gasteiger partial charge < -0.3 is 19.3 Å². The van der Waals surface area contributed by atoms with Gasteiger partial charge in [-0.15, -0.1) is 0 Å². The molecular weight excluding hydrogens is 490 g/mol. The number of rotatable bonds is 4. The number of carbonyl (C=O) groups excluding carboxylic acids is 1. The molecule has 1 aromatic carbocycles. The van der Waals surface area contributed by atoms with Crippen LogP contribution in [-0.2, 0) is 17.4 Å². The van der Waals surface area contributed by atoms with Crippen molar-refractivity contribution in [3.8, 4) is 0 Å². The van der Waals surface area contributed by atoms with Gasteiger partial charge in [0.2, 0.25) is 0 Å². The Hall–Kier alpha value is -3.20. The number of imidazole rings is 1. The standard InChI is InChI=1S/C28H32ClN5O3/c1-18(2)37-27(35)34-12-10-33(11-13-34)26-21-8-7-20(29)15-22(21)23(14-19-6-5-9-31-25(19)26)28(3,36)24-16-30-17-32(24)4/h5-9,14-18,26,36H,10-13H2,1-4H3/t26-,28?/m0/s1. The molecule has 1 N–H and O–H groups in total. The number of amides is 1. The van der Waals surface area contributed by atoms with Crippen LogP contribution >= 0.6 is 11.6 Å². The van der Waals surface area contributed by atoms with Crippen molar-refractivity contribution in [3.05, 3.63) is 82.2 Å². The first-order valence-electron chi connectivity index (χ1n) is 12.5. The maximum atomic E-state index is 12.5. The minimum atomic E-state index is -1.34. The van der Waals surface area contributed by atoms with E-state index in [0.717, 1.165) is 28.0 Å². The van der Waals surface area contributed by atoms with Crippen molar-refractivity contribution in [3.63, 3.8) is 0 Å². The van der Waals surface area contributed by atoms with Gasteiger partial charge in [-0.2, -0.15) is 0 Å². The van der Waals surface area contributed by atoms with Gasteiger partial charge in [-0.1, -0.05) is 23.7 Å². The summed E-state index contributed by atoms with van der Waals surface area (Å²) in [7, 11) is 1.87. The Morgan fingerprint density at radius 1 is 1.22 bits per heavy atom. The van der Waals surface area contributed by atoms with Crippen molar-refractivity contribution in [2.45, 2.75) is 38.5 Å². The lowest BCUT2D eigenvalue weighted by atomic mass is 9.84. The van der Waals surface area contributed by atoms with E-state index in [0.29, 0.717) is 36.9 Å². The molecule has 8 nitrogen and oxygen atoms in total. The fourth-order valence-corrected chi connectivity index (χ4v) is 5.51. The number of pyridine rings is 1. The highest BCUT2D eigenvalue weighted by molar-refractivity contribution is 6.30. The Kier molecular flexibility index (Phi) is 6.83. The smallest absolute Gasteiger partial charge is 0.410 e. The van der Waals surface area contributed by atoms with Crippen LogP contribution in [0.15, 0.2) is 49.1 Å². The largest absolute Gasteiger partial charge is 0.447 e. The second-order valence-corrected chi connectivity index (χ2v) is 10.5. The quantitative estimate of drug-likeness (QED) is 0.545. The first kappa shape index (κ1) is 25.4. The number of carbonyl (C=O) groups is 1. The molecule has 5 rings (SSSR count). The van der Waals surface area contributed by atoms with E-state index in [1.807, 2.05) is 61.9 Å². The molecule has 0 radical (unpaired) electrons. The van der Waals surface area contributed by atoms with Crippen molar-refractivity contribution in [2.24, 2.45) is 7.05 Å². The summed E-state index contributed by atoms with van der Waals surface area (Å²) in [5.41, 5.74) is 3.76. The van der Waals surface area contributed by atoms with Gasteiger partial charge >= 0.3 is 6.09 Å². The van der Waals surface area contributed by atoms with Crippen molar-refractivity contribution in [2.75, 3.05) is 26.2 Å². The Morgan fingerprint density at radius 3 is 2.65 bits per heavy atom. The van der Waals surface area contributed by atoms with Crippen molar-refractivity contribution in [1.29, 1.82) is 0 Å². The van der Waals surface area contributed by atoms with Crippen LogP contribution in [-0.4, -0.2) is 67.8 Å². The number of halogens is 1. The van der Waals surface area contributed by atoms with E-state index in [9.17, 15) is 9.90 Å². The Balaban J connectivity index is 1.59. The molecule has 194 valence electrons. The van der Waals surface area contributed by atoms with E-state index in [2.05, 4.69) is 9.88 Å². The predicted octanol–water partition coefficient (Wildman–Crippen LogP) is 4.48. The lowest BCUT2D eigenvalue weighted by Crippen LogP contribution is -2.50. The third-order valence-corrected chi connectivity index (χ3v) is 7.38. The van der Waals surface area contributed by atoms with Gasteiger partial charge in [0.25, 0.3) is 0 Å². The third-order valence-electron chi connectivity index (χ3n) is 7.14. The minimum absolute atomic E-state index is 0.156. The molecule has 37 heavy (non-hydrogen) atoms. The average Bonchev–Trinajstić information content (AvgIpc) is 3.24. The maximum absolute atomic E-state index is 12.5. The van der Waals surface area contributed by atoms with Gasteiger partial charge in [-0.05, 0) is 67.3 Å². The zero-order chi connectivity index (χ0) is 26.3. The molecule has 1 saturated heterocycles. The normalized spacial score (nSPS) is 19.5. The van der Waals surface area contributed by atoms with Crippen molar-refractivity contribution >= 4 is 29.3 Å². The number of fused-ring (bicyclic) bond motifs is 2. The second kappa shape index (κ2) is 9.93. The number of hydrogen-bond acceptors (Lipinski definition) is 6. The fourth-order valence-electron chi connectivity index (χ4n) is 5.34. The van der Waals surface area contributed by atoms with E-state index >= 15 is 0 Å². The summed E-state index contributed by atoms with van der Waals surface area (Å²) in [6.07, 6.45) is 6.75. The van der Waals surface area contributed by atoms with Crippen LogP contribution in [0.1, 0.15) is 54.9 Å². The molecular formula is C28H32ClN5O3. The maximum Gasteiger partial charge on any atom is 0.410 e. The van der Waals surface area contributed by atoms with E-state index in [1.165, 1.54) is 0 Å². The number of aromatic nitrogens is 3. The van der Waals surface area contributed by atoms with Crippen LogP contribution < -0.4 is 0 Å². The van der Waals surface area contributed by atoms with Crippen LogP contribution in [0.2, 0.25) is 5.02 Å². The molecule has 0 bridgehead atoms. The summed E-state index contributed by atoms with van der Waals surface area (Å²) >= 11 is 6.53. The highest BCUT2D eigenvalue weighted by atomic mass is 35.5. The van der Waals surface area contributed by atoms with Gasteiger partial charge in [-0.3, -0.25) is 9.88 Å². The Labute approximate surface area is 222 Å². The topological polar surface area (TPSA) is 83.7 Å². The number of hydrogen-bond donors (Lipinski definition) is 1. The monoisotopic (exact) mass is 521 g/mol. The van der Waals surface area contributed by atoms with E-state index in [1.54, 1.807) is 30.5 Å². The lowest BCUT2D eigenvalue weighted by molar-refractivity contribution is 0.0512. The van der Waals surface area contributed by atoms with Crippen molar-refractivity contribution < 1.29 is 14.6 Å². The molecule has 2 atom stereocenters. The van der Waals surface area contributed by atoms with Gasteiger partial charge in [0.1, 0.15) is 5.60 Å². The molecule has 1 amide bonds. The van der Waals surface area contributed by atoms with Crippen LogP contribution in [0.4, 0.5) is 4.79 Å². The predicted molar refractivity (Wildman–Crippen MR) is 143 cm³/mol. The third kappa shape index (κ3) is 4.77. The summed E-state index contributed by atoms with van der Waals surface area (Å²) in [4.78, 5) is 25.6. The highest BCUT2D eigenvalue weighted by Gasteiger charge is 2.39. The minimum Gasteiger partial charge on any atom is -0.447 e. The first-order valence-corrected chi connectivity index (χ1v) is 12.9. The molecule has 2 aliphatic rings. The summed E-state index contributed by atoms with van der Waals surface area (Å²) in [5, 5.41) is 12.6. The van der Waals surface area contributed by atoms with Gasteiger partial charge in [0.05, 0.1) is 36.1 Å². The average molecular weight is 522 g/mol. The van der Waals surface area contributed by atoms with Gasteiger partial charge in [-0.25, -0.2) is 9.78 Å². The summed E-state index contributed by atoms with van der Waals surface area (Å²) in [5.74, 6) is 0. The number of aryl methyl sites for hydroxylation is 1. The summed E-state index contributed by atoms with van der Waals surface area (Å²) < 4.78 is 7.24. The molecule has 1 unspecified atom stereocenters. The van der Waals surface area contributed by atoms with Crippen molar-refractivity contribution in [1.82, 2.24) is 24.3 Å². The molecule has 2 aromatic heterocycles. The number of benzene rings is 1. The van der Waals surface area contributed by atoms with E-state index < -0.39 is 5.60 Å². The molecule has 3 aromatic rings. The molecule has 1 fully saturated rings. The summed E-state index contributed by atoms with van der Waals surface area (Å²) in [6.45, 7) is 7.92. The molecule has 0 saturated carbocycles. The molecule has 0 spiro atoms. The number of piperazine rings is 1. The number of nitrogens with zero attached hydrogens (tertiary/aromatic N) is 5. The number of aliphatic hydroxyl groups is 1. The van der Waals surface area contributed by atoms with Gasteiger partial charge in [0.15, 0.2) is 0 Å². The lowest BCUT2D eigenvalue weighted by Gasteiger charge is -2.39. The molecule has 1 aliphatic heterocycles. The fraction of sp³-hybridized carbons (Fsp3) is 0.393. The first-order chi connectivity index (χ1) is 17.7. The van der Waals surface area contributed by atoms with Crippen LogP contribution in [0.5, 0.6) is 0 Å². The zero-order valence-corrected chi connectivity index (χ0v) is 22.3. The highest BCUT2D eigenvalue weighted by Crippen LogP contribution is 2.46. The van der Waals surface area contributed by atoms with E-state index in [-0.39, 0.29) is 18.2 Å². The SMILES string of the molecule is CC(C)OC(=O)N1CCN([C@H]2c3ccc(Cl)cc3C(C(C)(O)c3cncn3C)=Cc3cccnc32)CC1. The van der Waals surface area contributed by atoms with Crippen LogP contribution in [0, 0.1) is 0 Å². The summed E-state index contributed by atoms with van der Waals surface area (Å²) in [6, 6.07) is 9.59. The zero-order valence-electron chi connectivity index (χ0n) is 21.6.